The fraction of sp³-hybridized carbons (Fsp3) is 0.412. The lowest BCUT2D eigenvalue weighted by atomic mass is 9.75. The highest BCUT2D eigenvalue weighted by atomic mass is 16.2. The van der Waals surface area contributed by atoms with E-state index in [0.29, 0.717) is 24.8 Å². The molecule has 1 heterocycles. The molecule has 0 aromatic heterocycles. The minimum absolute atomic E-state index is 0.0442. The standard InChI is InChI=1S/C34H41N3O2/c1-34(29-11-4-2-5-12-29,30-13-6-3-7-14-30)33(39)35-20-9-21-37-22-18-27(19-23-37)28-10-8-15-31(25-28)36-32(38)24-26-16-17-26/h2-8,10-15,25-27H,9,16-24H2,1H3,(H,35,39)(H,36,38). The van der Waals surface area contributed by atoms with Crippen molar-refractivity contribution >= 4 is 17.5 Å². The van der Waals surface area contributed by atoms with Crippen LogP contribution in [0.15, 0.2) is 84.9 Å². The second kappa shape index (κ2) is 12.6. The number of anilines is 1. The fourth-order valence-corrected chi connectivity index (χ4v) is 5.81. The first-order chi connectivity index (χ1) is 19.0. The maximum Gasteiger partial charge on any atom is 0.234 e. The Morgan fingerprint density at radius 1 is 0.846 bits per heavy atom. The van der Waals surface area contributed by atoms with Crippen molar-refractivity contribution in [2.24, 2.45) is 5.92 Å². The summed E-state index contributed by atoms with van der Waals surface area (Å²) in [5.41, 5.74) is 3.53. The van der Waals surface area contributed by atoms with Crippen LogP contribution in [0.5, 0.6) is 0 Å². The molecule has 5 rings (SSSR count). The third kappa shape index (κ3) is 6.96. The number of rotatable bonds is 11. The Labute approximate surface area is 233 Å². The normalized spacial score (nSPS) is 16.5. The summed E-state index contributed by atoms with van der Waals surface area (Å²) in [6, 6.07) is 28.5. The lowest BCUT2D eigenvalue weighted by molar-refractivity contribution is -0.124. The van der Waals surface area contributed by atoms with E-state index in [2.05, 4.69) is 33.7 Å². The average molecular weight is 524 g/mol. The molecule has 2 fully saturated rings. The summed E-state index contributed by atoms with van der Waals surface area (Å²) in [6.07, 6.45) is 6.20. The number of hydrogen-bond donors (Lipinski definition) is 2. The summed E-state index contributed by atoms with van der Waals surface area (Å²) >= 11 is 0. The molecular weight excluding hydrogens is 482 g/mol. The van der Waals surface area contributed by atoms with Crippen LogP contribution in [0, 0.1) is 5.92 Å². The fourth-order valence-electron chi connectivity index (χ4n) is 5.81. The topological polar surface area (TPSA) is 61.4 Å². The van der Waals surface area contributed by atoms with E-state index in [4.69, 9.17) is 0 Å². The number of nitrogens with zero attached hydrogens (tertiary/aromatic N) is 1. The van der Waals surface area contributed by atoms with Gasteiger partial charge in [-0.25, -0.2) is 0 Å². The summed E-state index contributed by atoms with van der Waals surface area (Å²) in [5.74, 6) is 1.31. The molecule has 204 valence electrons. The molecule has 0 unspecified atom stereocenters. The minimum Gasteiger partial charge on any atom is -0.355 e. The molecule has 0 atom stereocenters. The second-order valence-electron chi connectivity index (χ2n) is 11.4. The molecule has 2 aliphatic rings. The number of amides is 2. The molecular formula is C34H41N3O2. The van der Waals surface area contributed by atoms with Crippen molar-refractivity contribution in [1.82, 2.24) is 10.2 Å². The van der Waals surface area contributed by atoms with Crippen LogP contribution >= 0.6 is 0 Å². The van der Waals surface area contributed by atoms with Crippen LogP contribution < -0.4 is 10.6 Å². The number of nitrogens with one attached hydrogen (secondary N) is 2. The van der Waals surface area contributed by atoms with E-state index in [1.165, 1.54) is 18.4 Å². The van der Waals surface area contributed by atoms with Crippen LogP contribution in [-0.4, -0.2) is 42.9 Å². The van der Waals surface area contributed by atoms with E-state index in [9.17, 15) is 9.59 Å². The lowest BCUT2D eigenvalue weighted by Gasteiger charge is -2.33. The third-order valence-corrected chi connectivity index (χ3v) is 8.49. The van der Waals surface area contributed by atoms with E-state index in [-0.39, 0.29) is 11.8 Å². The number of benzene rings is 3. The van der Waals surface area contributed by atoms with Gasteiger partial charge in [-0.3, -0.25) is 9.59 Å². The number of carbonyl (C=O) groups excluding carboxylic acids is 2. The van der Waals surface area contributed by atoms with Crippen molar-refractivity contribution in [3.63, 3.8) is 0 Å². The highest BCUT2D eigenvalue weighted by Crippen LogP contribution is 2.34. The minimum atomic E-state index is -0.729. The molecule has 2 N–H and O–H groups in total. The zero-order valence-electron chi connectivity index (χ0n) is 23.1. The third-order valence-electron chi connectivity index (χ3n) is 8.49. The predicted octanol–water partition coefficient (Wildman–Crippen LogP) is 6.12. The van der Waals surface area contributed by atoms with E-state index >= 15 is 0 Å². The maximum absolute atomic E-state index is 13.5. The Bertz CT molecular complexity index is 1190. The SMILES string of the molecule is CC(C(=O)NCCCN1CCC(c2cccc(NC(=O)CC3CC3)c2)CC1)(c1ccccc1)c1ccccc1. The Kier molecular flexibility index (Phi) is 8.77. The van der Waals surface area contributed by atoms with Gasteiger partial charge in [0.05, 0.1) is 5.41 Å². The molecule has 1 saturated carbocycles. The summed E-state index contributed by atoms with van der Waals surface area (Å²) in [5, 5.41) is 6.32. The highest BCUT2D eigenvalue weighted by molar-refractivity contribution is 5.92. The molecule has 5 heteroatoms. The van der Waals surface area contributed by atoms with Crippen LogP contribution in [0.3, 0.4) is 0 Å². The van der Waals surface area contributed by atoms with Crippen LogP contribution in [0.4, 0.5) is 5.69 Å². The van der Waals surface area contributed by atoms with E-state index in [1.54, 1.807) is 0 Å². The molecule has 3 aromatic carbocycles. The maximum atomic E-state index is 13.5. The second-order valence-corrected chi connectivity index (χ2v) is 11.4. The Balaban J connectivity index is 1.08. The zero-order chi connectivity index (χ0) is 27.1. The first-order valence-electron chi connectivity index (χ1n) is 14.5. The molecule has 0 spiro atoms. The van der Waals surface area contributed by atoms with Gasteiger partial charge >= 0.3 is 0 Å². The molecule has 5 nitrogen and oxygen atoms in total. The van der Waals surface area contributed by atoms with Crippen molar-refractivity contribution in [3.05, 3.63) is 102 Å². The highest BCUT2D eigenvalue weighted by Gasteiger charge is 2.36. The van der Waals surface area contributed by atoms with Gasteiger partial charge < -0.3 is 15.5 Å². The Morgan fingerprint density at radius 2 is 1.49 bits per heavy atom. The largest absolute Gasteiger partial charge is 0.355 e. The van der Waals surface area contributed by atoms with E-state index in [1.807, 2.05) is 73.7 Å². The van der Waals surface area contributed by atoms with Gasteiger partial charge in [0.1, 0.15) is 0 Å². The van der Waals surface area contributed by atoms with Gasteiger partial charge in [-0.2, -0.15) is 0 Å². The number of carbonyl (C=O) groups is 2. The predicted molar refractivity (Wildman–Crippen MR) is 158 cm³/mol. The molecule has 0 bridgehead atoms. The van der Waals surface area contributed by atoms with Gasteiger partial charge in [0.2, 0.25) is 11.8 Å². The van der Waals surface area contributed by atoms with Gasteiger partial charge in [0.15, 0.2) is 0 Å². The van der Waals surface area contributed by atoms with Crippen LogP contribution in [0.2, 0.25) is 0 Å². The van der Waals surface area contributed by atoms with E-state index in [0.717, 1.165) is 55.7 Å². The summed E-state index contributed by atoms with van der Waals surface area (Å²) in [4.78, 5) is 28.2. The van der Waals surface area contributed by atoms with Crippen molar-refractivity contribution in [2.75, 3.05) is 31.5 Å². The smallest absolute Gasteiger partial charge is 0.234 e. The van der Waals surface area contributed by atoms with E-state index < -0.39 is 5.41 Å². The molecule has 1 aliphatic heterocycles. The molecule has 39 heavy (non-hydrogen) atoms. The van der Waals surface area contributed by atoms with Gasteiger partial charge in [-0.05, 0) is 99.3 Å². The van der Waals surface area contributed by atoms with Crippen LogP contribution in [-0.2, 0) is 15.0 Å². The average Bonchev–Trinajstić information content (AvgIpc) is 3.80. The molecule has 2 amide bonds. The monoisotopic (exact) mass is 523 g/mol. The Hall–Kier alpha value is -3.44. The number of hydrogen-bond acceptors (Lipinski definition) is 3. The van der Waals surface area contributed by atoms with Crippen molar-refractivity contribution in [1.29, 1.82) is 0 Å². The number of likely N-dealkylation sites (tertiary alicyclic amines) is 1. The van der Waals surface area contributed by atoms with Crippen molar-refractivity contribution in [3.8, 4) is 0 Å². The zero-order valence-corrected chi connectivity index (χ0v) is 23.1. The quantitative estimate of drug-likeness (QED) is 0.298. The number of piperidine rings is 1. The summed E-state index contributed by atoms with van der Waals surface area (Å²) < 4.78 is 0. The molecule has 0 radical (unpaired) electrons. The van der Waals surface area contributed by atoms with Gasteiger partial charge in [0, 0.05) is 18.7 Å². The van der Waals surface area contributed by atoms with Crippen LogP contribution in [0.25, 0.3) is 0 Å². The molecule has 1 saturated heterocycles. The molecule has 1 aliphatic carbocycles. The Morgan fingerprint density at radius 3 is 2.10 bits per heavy atom. The van der Waals surface area contributed by atoms with Crippen molar-refractivity contribution < 1.29 is 9.59 Å². The van der Waals surface area contributed by atoms with Crippen molar-refractivity contribution in [2.45, 2.75) is 56.8 Å². The van der Waals surface area contributed by atoms with Crippen LogP contribution in [0.1, 0.15) is 68.1 Å². The summed E-state index contributed by atoms with van der Waals surface area (Å²) in [6.45, 7) is 5.78. The lowest BCUT2D eigenvalue weighted by Crippen LogP contribution is -2.44. The first-order valence-corrected chi connectivity index (χ1v) is 14.5. The summed E-state index contributed by atoms with van der Waals surface area (Å²) in [7, 11) is 0. The van der Waals surface area contributed by atoms with Gasteiger partial charge in [0.25, 0.3) is 0 Å². The van der Waals surface area contributed by atoms with Gasteiger partial charge in [-0.1, -0.05) is 72.8 Å². The molecule has 3 aromatic rings. The van der Waals surface area contributed by atoms with Gasteiger partial charge in [-0.15, -0.1) is 0 Å². The first kappa shape index (κ1) is 27.1.